The Morgan fingerprint density at radius 2 is 1.48 bits per heavy atom. The Morgan fingerprint density at radius 1 is 0.793 bits per heavy atom. The highest BCUT2D eigenvalue weighted by molar-refractivity contribution is 6.01. The van der Waals surface area contributed by atoms with Crippen LogP contribution >= 0.6 is 0 Å². The molecule has 0 bridgehead atoms. The van der Waals surface area contributed by atoms with Crippen molar-refractivity contribution in [2.45, 2.75) is 40.0 Å². The predicted octanol–water partition coefficient (Wildman–Crippen LogP) is 7.00. The Morgan fingerprint density at radius 3 is 2.17 bits per heavy atom. The number of anilines is 2. The number of benzene rings is 3. The van der Waals surface area contributed by atoms with Crippen LogP contribution in [0.15, 0.2) is 66.7 Å². The number of nitrogens with one attached hydrogen (secondary N) is 1. The van der Waals surface area contributed by atoms with E-state index < -0.39 is 0 Å². The summed E-state index contributed by atoms with van der Waals surface area (Å²) < 4.78 is 0. The average Bonchev–Trinajstić information content (AvgIpc) is 2.75. The number of hydrogen-bond acceptors (Lipinski definition) is 3. The van der Waals surface area contributed by atoms with Crippen molar-refractivity contribution in [2.75, 3.05) is 5.32 Å². The third-order valence-electron chi connectivity index (χ3n) is 5.48. The fraction of sp³-hybridized carbons (Fsp3) is 0.231. The lowest BCUT2D eigenvalue weighted by atomic mass is 9.99. The molecule has 0 fully saturated rings. The Labute approximate surface area is 172 Å². The molecule has 0 aliphatic rings. The maximum Gasteiger partial charge on any atom is 0.161 e. The van der Waals surface area contributed by atoms with E-state index in [2.05, 4.69) is 84.8 Å². The number of rotatable bonds is 6. The second-order valence-electron chi connectivity index (χ2n) is 7.67. The quantitative estimate of drug-likeness (QED) is 0.391. The summed E-state index contributed by atoms with van der Waals surface area (Å²) in [4.78, 5) is 0. The zero-order valence-electron chi connectivity index (χ0n) is 17.4. The average molecular weight is 382 g/mol. The molecule has 3 aromatic carbocycles. The third kappa shape index (κ3) is 4.14. The van der Waals surface area contributed by atoms with Gasteiger partial charge < -0.3 is 5.32 Å². The van der Waals surface area contributed by atoms with Gasteiger partial charge in [-0.3, -0.25) is 0 Å². The fourth-order valence-corrected chi connectivity index (χ4v) is 3.59. The summed E-state index contributed by atoms with van der Waals surface area (Å²) in [6, 6.07) is 23.4. The van der Waals surface area contributed by atoms with Gasteiger partial charge in [0.2, 0.25) is 0 Å². The first-order valence-corrected chi connectivity index (χ1v) is 10.3. The molecular weight excluding hydrogens is 354 g/mol. The molecule has 0 saturated carbocycles. The van der Waals surface area contributed by atoms with Crippen molar-refractivity contribution in [1.29, 1.82) is 0 Å². The molecule has 1 aromatic heterocycles. The minimum absolute atomic E-state index is 0.795. The number of hydrogen-bond donors (Lipinski definition) is 1. The van der Waals surface area contributed by atoms with E-state index in [1.807, 2.05) is 18.2 Å². The molecule has 0 aliphatic heterocycles. The topological polar surface area (TPSA) is 37.8 Å². The van der Waals surface area contributed by atoms with Gasteiger partial charge in [0.1, 0.15) is 5.69 Å². The monoisotopic (exact) mass is 381 g/mol. The van der Waals surface area contributed by atoms with Crippen LogP contribution in [-0.2, 0) is 6.42 Å². The van der Waals surface area contributed by atoms with Gasteiger partial charge in [0, 0.05) is 22.0 Å². The Balaban J connectivity index is 1.74. The highest BCUT2D eigenvalue weighted by Crippen LogP contribution is 2.33. The molecule has 4 aromatic rings. The minimum Gasteiger partial charge on any atom is -0.338 e. The molecule has 3 heteroatoms. The van der Waals surface area contributed by atoms with E-state index in [-0.39, 0.29) is 0 Å². The van der Waals surface area contributed by atoms with E-state index in [4.69, 9.17) is 0 Å². The lowest BCUT2D eigenvalue weighted by Gasteiger charge is -2.13. The van der Waals surface area contributed by atoms with E-state index in [9.17, 15) is 0 Å². The zero-order chi connectivity index (χ0) is 20.2. The molecule has 3 nitrogen and oxygen atoms in total. The molecule has 1 heterocycles. The summed E-state index contributed by atoms with van der Waals surface area (Å²) >= 11 is 0. The molecule has 29 heavy (non-hydrogen) atoms. The SMILES string of the molecule is CCCCc1ccc(Nc2nnc(-c3ccccc3)c3cc(C)c(C)cc23)cc1. The number of unbranched alkanes of at least 4 members (excludes halogenated alkanes) is 1. The molecule has 0 spiro atoms. The lowest BCUT2D eigenvalue weighted by molar-refractivity contribution is 0.795. The van der Waals surface area contributed by atoms with Crippen LogP contribution in [0.5, 0.6) is 0 Å². The normalized spacial score (nSPS) is 11.0. The smallest absolute Gasteiger partial charge is 0.161 e. The standard InChI is InChI=1S/C26H27N3/c1-4-5-9-20-12-14-22(15-13-20)27-26-24-17-19(3)18(2)16-23(24)25(28-29-26)21-10-7-6-8-11-21/h6-8,10-17H,4-5,9H2,1-3H3,(H,27,29). The number of fused-ring (bicyclic) bond motifs is 1. The second kappa shape index (κ2) is 8.44. The van der Waals surface area contributed by atoms with Crippen molar-refractivity contribution in [3.63, 3.8) is 0 Å². The third-order valence-corrected chi connectivity index (χ3v) is 5.48. The van der Waals surface area contributed by atoms with E-state index in [0.717, 1.165) is 40.0 Å². The maximum atomic E-state index is 4.59. The number of aryl methyl sites for hydroxylation is 3. The van der Waals surface area contributed by atoms with Gasteiger partial charge in [-0.25, -0.2) is 0 Å². The molecule has 0 unspecified atom stereocenters. The first kappa shape index (κ1) is 19.1. The first-order chi connectivity index (χ1) is 14.2. The van der Waals surface area contributed by atoms with Crippen LogP contribution in [-0.4, -0.2) is 10.2 Å². The summed E-state index contributed by atoms with van der Waals surface area (Å²) in [5.41, 5.74) is 6.92. The van der Waals surface area contributed by atoms with Gasteiger partial charge in [0.25, 0.3) is 0 Å². The minimum atomic E-state index is 0.795. The molecule has 0 atom stereocenters. The van der Waals surface area contributed by atoms with E-state index in [1.54, 1.807) is 0 Å². The Kier molecular flexibility index (Phi) is 5.57. The van der Waals surface area contributed by atoms with Crippen LogP contribution in [0, 0.1) is 13.8 Å². The maximum absolute atomic E-state index is 4.59. The van der Waals surface area contributed by atoms with Crippen LogP contribution in [0.1, 0.15) is 36.5 Å². The summed E-state index contributed by atoms with van der Waals surface area (Å²) in [5.74, 6) is 0.795. The van der Waals surface area contributed by atoms with Gasteiger partial charge in [-0.15, -0.1) is 10.2 Å². The first-order valence-electron chi connectivity index (χ1n) is 10.3. The lowest BCUT2D eigenvalue weighted by Crippen LogP contribution is -2.00. The number of aromatic nitrogens is 2. The van der Waals surface area contributed by atoms with E-state index >= 15 is 0 Å². The van der Waals surface area contributed by atoms with Crippen molar-refractivity contribution in [3.05, 3.63) is 83.4 Å². The fourth-order valence-electron chi connectivity index (χ4n) is 3.59. The van der Waals surface area contributed by atoms with Crippen LogP contribution in [0.3, 0.4) is 0 Å². The summed E-state index contributed by atoms with van der Waals surface area (Å²) in [6.07, 6.45) is 3.57. The van der Waals surface area contributed by atoms with Gasteiger partial charge in [-0.05, 0) is 67.6 Å². The summed E-state index contributed by atoms with van der Waals surface area (Å²) in [7, 11) is 0. The van der Waals surface area contributed by atoms with E-state index in [0.29, 0.717) is 0 Å². The number of nitrogens with zero attached hydrogens (tertiary/aromatic N) is 2. The largest absolute Gasteiger partial charge is 0.338 e. The molecule has 0 radical (unpaired) electrons. The molecular formula is C26H27N3. The van der Waals surface area contributed by atoms with Gasteiger partial charge in [0.05, 0.1) is 0 Å². The highest BCUT2D eigenvalue weighted by atomic mass is 15.2. The molecule has 0 saturated heterocycles. The van der Waals surface area contributed by atoms with Gasteiger partial charge in [-0.2, -0.15) is 0 Å². The highest BCUT2D eigenvalue weighted by Gasteiger charge is 2.13. The van der Waals surface area contributed by atoms with Crippen molar-refractivity contribution in [1.82, 2.24) is 10.2 Å². The predicted molar refractivity (Wildman–Crippen MR) is 123 cm³/mol. The Bertz CT molecular complexity index is 1120. The molecule has 1 N–H and O–H groups in total. The second-order valence-corrected chi connectivity index (χ2v) is 7.67. The van der Waals surface area contributed by atoms with Crippen LogP contribution in [0.4, 0.5) is 11.5 Å². The van der Waals surface area contributed by atoms with Crippen molar-refractivity contribution in [3.8, 4) is 11.3 Å². The van der Waals surface area contributed by atoms with Crippen molar-refractivity contribution in [2.24, 2.45) is 0 Å². The summed E-state index contributed by atoms with van der Waals surface area (Å²) in [6.45, 7) is 6.51. The summed E-state index contributed by atoms with van der Waals surface area (Å²) in [5, 5.41) is 14.8. The molecule has 146 valence electrons. The van der Waals surface area contributed by atoms with Gasteiger partial charge >= 0.3 is 0 Å². The molecule has 0 aliphatic carbocycles. The van der Waals surface area contributed by atoms with Crippen LogP contribution in [0.2, 0.25) is 0 Å². The zero-order valence-corrected chi connectivity index (χ0v) is 17.4. The molecule has 4 rings (SSSR count). The van der Waals surface area contributed by atoms with Crippen molar-refractivity contribution < 1.29 is 0 Å². The van der Waals surface area contributed by atoms with Gasteiger partial charge in [0.15, 0.2) is 5.82 Å². The van der Waals surface area contributed by atoms with E-state index in [1.165, 1.54) is 29.5 Å². The van der Waals surface area contributed by atoms with Crippen molar-refractivity contribution >= 4 is 22.3 Å². The van der Waals surface area contributed by atoms with Crippen LogP contribution in [0.25, 0.3) is 22.0 Å². The van der Waals surface area contributed by atoms with Gasteiger partial charge in [-0.1, -0.05) is 55.8 Å². The van der Waals surface area contributed by atoms with Crippen LogP contribution < -0.4 is 5.32 Å². The Hall–Kier alpha value is -3.20. The molecule has 0 amide bonds.